The Labute approximate surface area is 66.3 Å². The Morgan fingerprint density at radius 1 is 1.55 bits per heavy atom. The van der Waals surface area contributed by atoms with E-state index < -0.39 is 5.54 Å². The fourth-order valence-corrected chi connectivity index (χ4v) is 0.812. The van der Waals surface area contributed by atoms with Gasteiger partial charge in [-0.1, -0.05) is 0 Å². The molecule has 0 unspecified atom stereocenters. The second-order valence-electron chi connectivity index (χ2n) is 3.49. The fourth-order valence-electron chi connectivity index (χ4n) is 0.812. The van der Waals surface area contributed by atoms with E-state index in [4.69, 9.17) is 5.73 Å². The minimum Gasteiger partial charge on any atom is -0.325 e. The number of hydrogen-bond acceptors (Lipinski definition) is 3. The molecule has 0 atom stereocenters. The Kier molecular flexibility index (Phi) is 3.32. The van der Waals surface area contributed by atoms with Crippen molar-refractivity contribution in [3.8, 4) is 0 Å². The van der Waals surface area contributed by atoms with Crippen LogP contribution in [-0.2, 0) is 4.79 Å². The molecule has 4 heteroatoms. The molecule has 0 fully saturated rings. The average Bonchev–Trinajstić information content (AvgIpc) is 1.53. The SMILES string of the molecule is C[N+](=O)CC(=O)CC(C)(C)N. The van der Waals surface area contributed by atoms with E-state index in [1.165, 1.54) is 7.05 Å². The van der Waals surface area contributed by atoms with Crippen LogP contribution in [0.2, 0.25) is 0 Å². The van der Waals surface area contributed by atoms with Crippen LogP contribution in [0.1, 0.15) is 20.3 Å². The fraction of sp³-hybridized carbons (Fsp3) is 0.857. The second-order valence-corrected chi connectivity index (χ2v) is 3.49. The molecule has 0 heterocycles. The maximum atomic E-state index is 10.9. The van der Waals surface area contributed by atoms with E-state index in [1.54, 1.807) is 13.8 Å². The average molecular weight is 159 g/mol. The molecule has 0 rings (SSSR count). The molecule has 0 saturated carbocycles. The lowest BCUT2D eigenvalue weighted by Crippen LogP contribution is -2.36. The maximum Gasteiger partial charge on any atom is 0.249 e. The number of carbonyl (C=O) groups excluding carboxylic acids is 1. The lowest BCUT2D eigenvalue weighted by molar-refractivity contribution is -0.506. The monoisotopic (exact) mass is 159 g/mol. The summed E-state index contributed by atoms with van der Waals surface area (Å²) in [6.45, 7) is 3.45. The van der Waals surface area contributed by atoms with E-state index in [9.17, 15) is 9.70 Å². The number of Topliss-reactive ketones (excluding diaryl/α,β-unsaturated/α-hetero) is 1. The summed E-state index contributed by atoms with van der Waals surface area (Å²) in [6, 6.07) is 0. The van der Waals surface area contributed by atoms with Crippen molar-refractivity contribution in [2.75, 3.05) is 13.6 Å². The number of hydrogen-bond donors (Lipinski definition) is 1. The first kappa shape index (κ1) is 10.2. The van der Waals surface area contributed by atoms with Gasteiger partial charge < -0.3 is 5.73 Å². The minimum absolute atomic E-state index is 0.0688. The molecule has 0 bridgehead atoms. The first-order valence-electron chi connectivity index (χ1n) is 3.50. The van der Waals surface area contributed by atoms with Crippen molar-refractivity contribution in [1.82, 2.24) is 0 Å². The van der Waals surface area contributed by atoms with Gasteiger partial charge in [-0.15, -0.1) is 0 Å². The second kappa shape index (κ2) is 3.57. The van der Waals surface area contributed by atoms with E-state index in [-0.39, 0.29) is 18.7 Å². The van der Waals surface area contributed by atoms with Crippen molar-refractivity contribution in [1.29, 1.82) is 0 Å². The number of nitrogens with two attached hydrogens (primary N) is 1. The van der Waals surface area contributed by atoms with E-state index in [0.717, 1.165) is 0 Å². The van der Waals surface area contributed by atoms with Gasteiger partial charge in [0.2, 0.25) is 12.3 Å². The molecule has 2 N–H and O–H groups in total. The molecule has 0 radical (unpaired) electrons. The smallest absolute Gasteiger partial charge is 0.249 e. The minimum atomic E-state index is -0.507. The Balaban J connectivity index is 3.80. The molecular formula is C7H15N2O2+. The summed E-state index contributed by atoms with van der Waals surface area (Å²) in [7, 11) is 1.32. The van der Waals surface area contributed by atoms with Crippen molar-refractivity contribution in [3.63, 3.8) is 0 Å². The van der Waals surface area contributed by atoms with Gasteiger partial charge in [-0.2, -0.15) is 0 Å². The number of rotatable bonds is 4. The van der Waals surface area contributed by atoms with Gasteiger partial charge >= 0.3 is 0 Å². The predicted octanol–water partition coefficient (Wildman–Crippen LogP) is 0.0916. The zero-order chi connectivity index (χ0) is 9.07. The molecule has 4 nitrogen and oxygen atoms in total. The van der Waals surface area contributed by atoms with Crippen LogP contribution in [0.4, 0.5) is 0 Å². The van der Waals surface area contributed by atoms with Crippen LogP contribution in [0.3, 0.4) is 0 Å². The standard InChI is InChI=1S/C7H15N2O2/c1-7(2,8)4-6(10)5-9(3)11/h4-5,8H2,1-3H3/q+1. The summed E-state index contributed by atoms with van der Waals surface area (Å²) in [5, 5.41) is 0. The van der Waals surface area contributed by atoms with E-state index >= 15 is 0 Å². The zero-order valence-electron chi connectivity index (χ0n) is 7.26. The summed E-state index contributed by atoms with van der Waals surface area (Å²) in [5.74, 6) is -0.116. The lowest BCUT2D eigenvalue weighted by atomic mass is 9.99. The van der Waals surface area contributed by atoms with E-state index in [2.05, 4.69) is 0 Å². The van der Waals surface area contributed by atoms with Gasteiger partial charge in [0.25, 0.3) is 0 Å². The van der Waals surface area contributed by atoms with Crippen molar-refractivity contribution in [2.45, 2.75) is 25.8 Å². The van der Waals surface area contributed by atoms with Gasteiger partial charge in [-0.05, 0) is 13.8 Å². The summed E-state index contributed by atoms with van der Waals surface area (Å²) in [4.78, 5) is 21.3. The van der Waals surface area contributed by atoms with Gasteiger partial charge in [0.15, 0.2) is 7.05 Å². The number of ketones is 1. The van der Waals surface area contributed by atoms with Crippen LogP contribution in [0.5, 0.6) is 0 Å². The molecule has 0 spiro atoms. The zero-order valence-corrected chi connectivity index (χ0v) is 7.26. The molecule has 0 saturated heterocycles. The molecule has 0 aliphatic heterocycles. The maximum absolute atomic E-state index is 10.9. The molecule has 0 aliphatic carbocycles. The van der Waals surface area contributed by atoms with Crippen molar-refractivity contribution in [3.05, 3.63) is 4.91 Å². The molecule has 11 heavy (non-hydrogen) atoms. The number of carbonyl (C=O) groups is 1. The highest BCUT2D eigenvalue weighted by atomic mass is 16.3. The van der Waals surface area contributed by atoms with Crippen LogP contribution in [0, 0.1) is 4.91 Å². The Morgan fingerprint density at radius 2 is 2.00 bits per heavy atom. The normalized spacial score (nSPS) is 11.3. The van der Waals surface area contributed by atoms with Crippen LogP contribution in [0.25, 0.3) is 0 Å². The van der Waals surface area contributed by atoms with Crippen molar-refractivity contribution >= 4 is 5.78 Å². The first-order valence-corrected chi connectivity index (χ1v) is 3.50. The molecule has 64 valence electrons. The first-order chi connectivity index (χ1) is 4.81. The Hall–Kier alpha value is -0.770. The summed E-state index contributed by atoms with van der Waals surface area (Å²) in [6.07, 6.45) is 0.250. The van der Waals surface area contributed by atoms with Gasteiger partial charge in [0.05, 0.1) is 0 Å². The van der Waals surface area contributed by atoms with E-state index in [1.807, 2.05) is 0 Å². The van der Waals surface area contributed by atoms with Crippen molar-refractivity contribution < 1.29 is 9.55 Å². The van der Waals surface area contributed by atoms with Crippen LogP contribution >= 0.6 is 0 Å². The quantitative estimate of drug-likeness (QED) is 0.591. The van der Waals surface area contributed by atoms with Crippen molar-refractivity contribution in [2.24, 2.45) is 5.73 Å². The number of nitrogens with zero attached hydrogens (tertiary/aromatic N) is 1. The Bertz CT molecular complexity index is 170. The van der Waals surface area contributed by atoms with Gasteiger partial charge in [-0.25, -0.2) is 0 Å². The molecule has 0 aliphatic rings. The van der Waals surface area contributed by atoms with E-state index in [0.29, 0.717) is 4.76 Å². The number of likely N-dealkylation sites (N-methyl/N-ethyl adjacent to an activating group) is 1. The molecular weight excluding hydrogens is 144 g/mol. The summed E-state index contributed by atoms with van der Waals surface area (Å²) < 4.78 is 0.605. The largest absolute Gasteiger partial charge is 0.325 e. The highest BCUT2D eigenvalue weighted by Gasteiger charge is 2.19. The number of nitroso groups, excluding NO2 is 1. The topological polar surface area (TPSA) is 63.2 Å². The summed E-state index contributed by atoms with van der Waals surface area (Å²) in [5.41, 5.74) is 5.06. The third kappa shape index (κ3) is 7.12. The summed E-state index contributed by atoms with van der Waals surface area (Å²) >= 11 is 0. The predicted molar refractivity (Wildman–Crippen MR) is 42.3 cm³/mol. The molecule has 0 aromatic rings. The highest BCUT2D eigenvalue weighted by molar-refractivity contribution is 5.80. The Morgan fingerprint density at radius 3 is 2.27 bits per heavy atom. The van der Waals surface area contributed by atoms with Crippen LogP contribution in [0.15, 0.2) is 0 Å². The van der Waals surface area contributed by atoms with Gasteiger partial charge in [0.1, 0.15) is 0 Å². The van der Waals surface area contributed by atoms with Gasteiger partial charge in [0, 0.05) is 21.6 Å². The molecule has 0 aromatic heterocycles. The molecule has 0 amide bonds. The highest BCUT2D eigenvalue weighted by Crippen LogP contribution is 2.03. The van der Waals surface area contributed by atoms with Gasteiger partial charge in [-0.3, -0.25) is 4.79 Å². The van der Waals surface area contributed by atoms with Crippen LogP contribution in [-0.4, -0.2) is 29.7 Å². The third-order valence-electron chi connectivity index (χ3n) is 1.05. The molecule has 0 aromatic carbocycles. The van der Waals surface area contributed by atoms with Crippen LogP contribution < -0.4 is 5.73 Å². The lowest BCUT2D eigenvalue weighted by Gasteiger charge is -2.15. The third-order valence-corrected chi connectivity index (χ3v) is 1.05.